The topological polar surface area (TPSA) is 20.3 Å². The number of rotatable bonds is 3. The number of carbonyl (C=O) groups is 1. The molecule has 16 heavy (non-hydrogen) atoms. The summed E-state index contributed by atoms with van der Waals surface area (Å²) in [6, 6.07) is 2.24. The van der Waals surface area contributed by atoms with Crippen molar-refractivity contribution in [2.24, 2.45) is 5.92 Å². The molecule has 1 amide bonds. The van der Waals surface area contributed by atoms with Gasteiger partial charge >= 0.3 is 0 Å². The van der Waals surface area contributed by atoms with E-state index in [9.17, 15) is 4.79 Å². The standard InChI is InChI=1S/C12H16ClNOS/c1-9-2-4-14(11(9)7-13)12(15)6-10-3-5-16-8-10/h3,5,8-9,11H,2,4,6-7H2,1H3. The summed E-state index contributed by atoms with van der Waals surface area (Å²) in [5.41, 5.74) is 1.11. The maximum atomic E-state index is 12.1. The lowest BCUT2D eigenvalue weighted by atomic mass is 10.0. The Hall–Kier alpha value is -0.540. The van der Waals surface area contributed by atoms with Crippen LogP contribution in [0.25, 0.3) is 0 Å². The summed E-state index contributed by atoms with van der Waals surface area (Å²) in [7, 11) is 0. The normalized spacial score (nSPS) is 25.0. The molecule has 1 saturated heterocycles. The van der Waals surface area contributed by atoms with Gasteiger partial charge in [0.25, 0.3) is 0 Å². The highest BCUT2D eigenvalue weighted by Gasteiger charge is 2.33. The third-order valence-corrected chi connectivity index (χ3v) is 4.34. The lowest BCUT2D eigenvalue weighted by molar-refractivity contribution is -0.131. The zero-order chi connectivity index (χ0) is 11.5. The van der Waals surface area contributed by atoms with Crippen LogP contribution >= 0.6 is 22.9 Å². The number of thiophene rings is 1. The molecule has 0 saturated carbocycles. The van der Waals surface area contributed by atoms with Gasteiger partial charge in [-0.15, -0.1) is 11.6 Å². The molecule has 4 heteroatoms. The second kappa shape index (κ2) is 5.19. The van der Waals surface area contributed by atoms with Crippen molar-refractivity contribution in [1.82, 2.24) is 4.90 Å². The quantitative estimate of drug-likeness (QED) is 0.763. The van der Waals surface area contributed by atoms with Gasteiger partial charge in [-0.25, -0.2) is 0 Å². The van der Waals surface area contributed by atoms with Gasteiger partial charge in [-0.1, -0.05) is 6.92 Å². The number of hydrogen-bond acceptors (Lipinski definition) is 2. The molecule has 1 aliphatic heterocycles. The average Bonchev–Trinajstić information content (AvgIpc) is 2.87. The van der Waals surface area contributed by atoms with Crippen LogP contribution in [0.3, 0.4) is 0 Å². The number of nitrogens with zero attached hydrogens (tertiary/aromatic N) is 1. The summed E-state index contributed by atoms with van der Waals surface area (Å²) in [6.07, 6.45) is 1.59. The van der Waals surface area contributed by atoms with E-state index in [-0.39, 0.29) is 11.9 Å². The second-order valence-corrected chi connectivity index (χ2v) is 5.47. The fraction of sp³-hybridized carbons (Fsp3) is 0.583. The van der Waals surface area contributed by atoms with E-state index in [4.69, 9.17) is 11.6 Å². The van der Waals surface area contributed by atoms with Crippen molar-refractivity contribution >= 4 is 28.8 Å². The highest BCUT2D eigenvalue weighted by molar-refractivity contribution is 7.07. The molecule has 2 nitrogen and oxygen atoms in total. The minimum atomic E-state index is 0.216. The van der Waals surface area contributed by atoms with E-state index in [1.807, 2.05) is 21.7 Å². The number of likely N-dealkylation sites (tertiary alicyclic amines) is 1. The fourth-order valence-corrected chi connectivity index (χ4v) is 3.36. The summed E-state index contributed by atoms with van der Waals surface area (Å²) in [4.78, 5) is 14.1. The highest BCUT2D eigenvalue weighted by Crippen LogP contribution is 2.25. The lowest BCUT2D eigenvalue weighted by Crippen LogP contribution is -2.39. The van der Waals surface area contributed by atoms with Gasteiger partial charge in [0.2, 0.25) is 5.91 Å². The molecule has 1 aromatic rings. The summed E-state index contributed by atoms with van der Waals surface area (Å²) < 4.78 is 0. The number of hydrogen-bond donors (Lipinski definition) is 0. The van der Waals surface area contributed by atoms with E-state index in [1.54, 1.807) is 11.3 Å². The van der Waals surface area contributed by atoms with E-state index in [1.165, 1.54) is 0 Å². The number of amides is 1. The van der Waals surface area contributed by atoms with Crippen molar-refractivity contribution in [2.45, 2.75) is 25.8 Å². The molecule has 0 aliphatic carbocycles. The molecule has 2 atom stereocenters. The first kappa shape index (κ1) is 11.9. The number of halogens is 1. The van der Waals surface area contributed by atoms with Gasteiger partial charge in [-0.2, -0.15) is 11.3 Å². The zero-order valence-corrected chi connectivity index (χ0v) is 10.9. The predicted octanol–water partition coefficient (Wildman–Crippen LogP) is 2.77. The fourth-order valence-electron chi connectivity index (χ4n) is 2.22. The van der Waals surface area contributed by atoms with Crippen LogP contribution in [-0.4, -0.2) is 29.3 Å². The number of alkyl halides is 1. The summed E-state index contributed by atoms with van der Waals surface area (Å²) in [5, 5.41) is 4.04. The molecular formula is C12H16ClNOS. The number of carbonyl (C=O) groups excluding carboxylic acids is 1. The first-order valence-corrected chi connectivity index (χ1v) is 7.06. The van der Waals surface area contributed by atoms with Crippen molar-refractivity contribution < 1.29 is 4.79 Å². The molecule has 2 rings (SSSR count). The second-order valence-electron chi connectivity index (χ2n) is 4.38. The summed E-state index contributed by atoms with van der Waals surface area (Å²) >= 11 is 7.57. The van der Waals surface area contributed by atoms with Gasteiger partial charge in [0.1, 0.15) is 0 Å². The van der Waals surface area contributed by atoms with Crippen LogP contribution in [0.5, 0.6) is 0 Å². The van der Waals surface area contributed by atoms with Gasteiger partial charge < -0.3 is 4.90 Å². The molecule has 0 spiro atoms. The van der Waals surface area contributed by atoms with Crippen molar-refractivity contribution in [1.29, 1.82) is 0 Å². The first-order chi connectivity index (χ1) is 7.72. The van der Waals surface area contributed by atoms with Crippen molar-refractivity contribution in [3.8, 4) is 0 Å². The molecule has 2 unspecified atom stereocenters. The SMILES string of the molecule is CC1CCN(C(=O)Cc2ccsc2)C1CCl. The van der Waals surface area contributed by atoms with E-state index in [0.717, 1.165) is 18.5 Å². The van der Waals surface area contributed by atoms with Crippen LogP contribution < -0.4 is 0 Å². The molecule has 0 radical (unpaired) electrons. The Morgan fingerprint density at radius 3 is 3.12 bits per heavy atom. The maximum Gasteiger partial charge on any atom is 0.227 e. The van der Waals surface area contributed by atoms with Crippen LogP contribution in [0.2, 0.25) is 0 Å². The Bertz CT molecular complexity index is 352. The zero-order valence-electron chi connectivity index (χ0n) is 9.36. The van der Waals surface area contributed by atoms with E-state index >= 15 is 0 Å². The molecule has 0 N–H and O–H groups in total. The summed E-state index contributed by atoms with van der Waals surface area (Å²) in [6.45, 7) is 3.03. The maximum absolute atomic E-state index is 12.1. The Labute approximate surface area is 105 Å². The van der Waals surface area contributed by atoms with Crippen molar-refractivity contribution in [2.75, 3.05) is 12.4 Å². The van der Waals surface area contributed by atoms with Gasteiger partial charge in [-0.3, -0.25) is 4.79 Å². The van der Waals surface area contributed by atoms with E-state index in [0.29, 0.717) is 18.2 Å². The van der Waals surface area contributed by atoms with Crippen LogP contribution in [0, 0.1) is 5.92 Å². The molecule has 1 aliphatic rings. The molecule has 0 bridgehead atoms. The Kier molecular flexibility index (Phi) is 3.87. The summed E-state index contributed by atoms with van der Waals surface area (Å²) in [5.74, 6) is 1.30. The van der Waals surface area contributed by atoms with Gasteiger partial charge in [-0.05, 0) is 34.7 Å². The van der Waals surface area contributed by atoms with Crippen molar-refractivity contribution in [3.05, 3.63) is 22.4 Å². The third kappa shape index (κ3) is 2.41. The highest BCUT2D eigenvalue weighted by atomic mass is 35.5. The third-order valence-electron chi connectivity index (χ3n) is 3.30. The van der Waals surface area contributed by atoms with Gasteiger partial charge in [0, 0.05) is 18.5 Å². The largest absolute Gasteiger partial charge is 0.338 e. The molecule has 1 fully saturated rings. The van der Waals surface area contributed by atoms with Crippen LogP contribution in [0.15, 0.2) is 16.8 Å². The predicted molar refractivity (Wildman–Crippen MR) is 68.0 cm³/mol. The minimum absolute atomic E-state index is 0.216. The molecule has 2 heterocycles. The Morgan fingerprint density at radius 2 is 2.50 bits per heavy atom. The van der Waals surface area contributed by atoms with Gasteiger partial charge in [0.15, 0.2) is 0 Å². The monoisotopic (exact) mass is 257 g/mol. The van der Waals surface area contributed by atoms with Crippen LogP contribution in [0.1, 0.15) is 18.9 Å². The molecule has 0 aromatic carbocycles. The average molecular weight is 258 g/mol. The van der Waals surface area contributed by atoms with E-state index in [2.05, 4.69) is 6.92 Å². The van der Waals surface area contributed by atoms with Gasteiger partial charge in [0.05, 0.1) is 6.42 Å². The molecule has 88 valence electrons. The first-order valence-electron chi connectivity index (χ1n) is 5.59. The molecule has 1 aromatic heterocycles. The Balaban J connectivity index is 1.99. The minimum Gasteiger partial charge on any atom is -0.338 e. The smallest absolute Gasteiger partial charge is 0.227 e. The van der Waals surface area contributed by atoms with Crippen molar-refractivity contribution in [3.63, 3.8) is 0 Å². The van der Waals surface area contributed by atoms with Crippen LogP contribution in [-0.2, 0) is 11.2 Å². The van der Waals surface area contributed by atoms with Crippen LogP contribution in [0.4, 0.5) is 0 Å². The molecular weight excluding hydrogens is 242 g/mol. The van der Waals surface area contributed by atoms with E-state index < -0.39 is 0 Å². The Morgan fingerprint density at radius 1 is 1.69 bits per heavy atom. The lowest BCUT2D eigenvalue weighted by Gasteiger charge is -2.25.